The molecular weight excluding hydrogens is 562 g/mol. The van der Waals surface area contributed by atoms with Gasteiger partial charge in [0.25, 0.3) is 0 Å². The van der Waals surface area contributed by atoms with E-state index in [0.717, 1.165) is 12.8 Å². The number of hydrogen-bond donors (Lipinski definition) is 0. The van der Waals surface area contributed by atoms with Gasteiger partial charge in [0.15, 0.2) is 0 Å². The molecule has 2 fully saturated rings. The highest BCUT2D eigenvalue weighted by Crippen LogP contribution is 2.50. The molecule has 37 heavy (non-hydrogen) atoms. The van der Waals surface area contributed by atoms with Crippen molar-refractivity contribution in [2.24, 2.45) is 47.3 Å². The molecule has 4 aliphatic carbocycles. The van der Waals surface area contributed by atoms with Crippen molar-refractivity contribution in [3.63, 3.8) is 0 Å². The Labute approximate surface area is 239 Å². The normalized spacial score (nSPS) is 32.7. The van der Waals surface area contributed by atoms with Crippen molar-refractivity contribution in [3.8, 4) is 0 Å². The number of alkyl halides is 2. The molecule has 0 aromatic heterocycles. The van der Waals surface area contributed by atoms with E-state index in [2.05, 4.69) is 0 Å². The summed E-state index contributed by atoms with van der Waals surface area (Å²) in [5.41, 5.74) is -1.08. The van der Waals surface area contributed by atoms with Crippen LogP contribution in [-0.2, 0) is 28.7 Å². The number of rotatable bonds is 4. The van der Waals surface area contributed by atoms with E-state index in [1.807, 2.05) is 65.8 Å². The number of carbonyl (C=O) groups is 4. The Morgan fingerprint density at radius 2 is 0.865 bits per heavy atom. The van der Waals surface area contributed by atoms with Crippen molar-refractivity contribution in [2.45, 2.75) is 65.6 Å². The van der Waals surface area contributed by atoms with E-state index in [9.17, 15) is 19.2 Å². The number of carbonyl (C=O) groups excluding carboxylic acids is 4. The molecule has 4 aliphatic rings. The predicted molar refractivity (Wildman–Crippen MR) is 145 cm³/mol. The molecule has 0 N–H and O–H groups in total. The van der Waals surface area contributed by atoms with Crippen molar-refractivity contribution >= 4 is 68.8 Å². The van der Waals surface area contributed by atoms with E-state index in [-0.39, 0.29) is 52.8 Å². The Hall–Kier alpha value is -1.08. The van der Waals surface area contributed by atoms with Gasteiger partial charge in [-0.15, -0.1) is 23.2 Å². The van der Waals surface area contributed by atoms with Crippen molar-refractivity contribution < 1.29 is 28.7 Å². The van der Waals surface area contributed by atoms with Crippen molar-refractivity contribution in [2.75, 3.05) is 5.34 Å². The molecule has 0 radical (unpaired) electrons. The Balaban J connectivity index is 0.000000256. The molecule has 0 amide bonds. The van der Waals surface area contributed by atoms with Crippen molar-refractivity contribution in [1.82, 2.24) is 0 Å². The van der Waals surface area contributed by atoms with Crippen LogP contribution in [0.1, 0.15) is 54.4 Å². The van der Waals surface area contributed by atoms with Gasteiger partial charge in [-0.2, -0.15) is 0 Å². The molecule has 6 nitrogen and oxygen atoms in total. The molecule has 0 aromatic rings. The Morgan fingerprint density at radius 1 is 0.622 bits per heavy atom. The maximum atomic E-state index is 12.5. The monoisotopic (exact) mass is 596 g/mol. The zero-order valence-electron chi connectivity index (χ0n) is 22.0. The minimum absolute atomic E-state index is 0.0994. The summed E-state index contributed by atoms with van der Waals surface area (Å²) in [6.07, 6.45) is 9.69. The standard InChI is InChI=1S/C17H26O4.C9H8Cl2O2.CH2Cl2/c1-16(2,3)20-14(18)12-10-7-8-11(9-10)13(12)15(19)21-17(4,5)6;10-8(12)6-4-1-2-5(3-4)7(6)9(11)13;2-1-3/h7-8,10-13H,9H2,1-6H3;1-2,4-7H,3H2;1H2. The van der Waals surface area contributed by atoms with Gasteiger partial charge < -0.3 is 9.47 Å². The van der Waals surface area contributed by atoms with Crippen LogP contribution < -0.4 is 0 Å². The molecule has 0 spiro atoms. The molecule has 0 aromatic carbocycles. The summed E-state index contributed by atoms with van der Waals surface area (Å²) in [5.74, 6) is -1.70. The number of fused-ring (bicyclic) bond motifs is 4. The quantitative estimate of drug-likeness (QED) is 0.159. The van der Waals surface area contributed by atoms with E-state index < -0.39 is 33.5 Å². The van der Waals surface area contributed by atoms with E-state index in [0.29, 0.717) is 0 Å². The lowest BCUT2D eigenvalue weighted by Gasteiger charge is -2.30. The second-order valence-electron chi connectivity index (χ2n) is 11.8. The van der Waals surface area contributed by atoms with Gasteiger partial charge in [-0.1, -0.05) is 24.3 Å². The lowest BCUT2D eigenvalue weighted by molar-refractivity contribution is -0.173. The molecular formula is C27H36Cl4O6. The summed E-state index contributed by atoms with van der Waals surface area (Å²) in [6.45, 7) is 11.1. The minimum atomic E-state index is -0.541. The fourth-order valence-electron chi connectivity index (χ4n) is 5.65. The number of hydrogen-bond acceptors (Lipinski definition) is 6. The van der Waals surface area contributed by atoms with Crippen molar-refractivity contribution in [1.29, 1.82) is 0 Å². The summed E-state index contributed by atoms with van der Waals surface area (Å²) < 4.78 is 11.0. The zero-order valence-corrected chi connectivity index (χ0v) is 25.0. The predicted octanol–water partition coefficient (Wildman–Crippen LogP) is 6.49. The van der Waals surface area contributed by atoms with Gasteiger partial charge in [-0.25, -0.2) is 0 Å². The van der Waals surface area contributed by atoms with Crippen LogP contribution in [0.25, 0.3) is 0 Å². The topological polar surface area (TPSA) is 86.7 Å². The van der Waals surface area contributed by atoms with Crippen LogP contribution in [0.5, 0.6) is 0 Å². The molecule has 10 heteroatoms. The molecule has 4 bridgehead atoms. The average Bonchev–Trinajstić information content (AvgIpc) is 3.51. The first-order chi connectivity index (χ1) is 17.0. The van der Waals surface area contributed by atoms with Crippen LogP contribution in [0.4, 0.5) is 0 Å². The van der Waals surface area contributed by atoms with Gasteiger partial charge >= 0.3 is 11.9 Å². The van der Waals surface area contributed by atoms with Crippen LogP contribution in [0.15, 0.2) is 24.3 Å². The summed E-state index contributed by atoms with van der Waals surface area (Å²) in [4.78, 5) is 47.1. The first-order valence-electron chi connectivity index (χ1n) is 12.3. The molecule has 8 atom stereocenters. The number of allylic oxidation sites excluding steroid dienone is 4. The van der Waals surface area contributed by atoms with Gasteiger partial charge in [0.2, 0.25) is 10.5 Å². The maximum Gasteiger partial charge on any atom is 0.310 e. The zero-order chi connectivity index (χ0) is 28.3. The highest BCUT2D eigenvalue weighted by atomic mass is 35.5. The second-order valence-corrected chi connectivity index (χ2v) is 13.3. The molecule has 0 saturated heterocycles. The van der Waals surface area contributed by atoms with E-state index in [1.54, 1.807) is 0 Å². The lowest BCUT2D eigenvalue weighted by atomic mass is 9.83. The third kappa shape index (κ3) is 8.45. The van der Waals surface area contributed by atoms with Gasteiger partial charge in [0, 0.05) is 0 Å². The van der Waals surface area contributed by atoms with Crippen LogP contribution in [0.3, 0.4) is 0 Å². The Bertz CT molecular complexity index is 862. The number of esters is 2. The number of ether oxygens (including phenoxy) is 2. The molecule has 0 heterocycles. The van der Waals surface area contributed by atoms with Crippen LogP contribution >= 0.6 is 46.4 Å². The van der Waals surface area contributed by atoms with Gasteiger partial charge in [-0.05, 0) is 101 Å². The first kappa shape index (κ1) is 32.1. The third-order valence-corrected chi connectivity index (χ3v) is 7.30. The smallest absolute Gasteiger partial charge is 0.310 e. The molecule has 8 unspecified atom stereocenters. The SMILES string of the molecule is CC(C)(C)OC(=O)C1C2C=CC(C2)C1C(=O)OC(C)(C)C.ClCCl.O=C(Cl)C1C2C=CC(C2)C1C(=O)Cl. The minimum Gasteiger partial charge on any atom is -0.460 e. The van der Waals surface area contributed by atoms with Gasteiger partial charge in [0.1, 0.15) is 11.2 Å². The molecule has 2 saturated carbocycles. The van der Waals surface area contributed by atoms with E-state index >= 15 is 0 Å². The summed E-state index contributed by atoms with van der Waals surface area (Å²) in [7, 11) is 0. The molecule has 208 valence electrons. The first-order valence-corrected chi connectivity index (χ1v) is 14.2. The summed E-state index contributed by atoms with van der Waals surface area (Å²) in [5, 5.41) is -0.674. The summed E-state index contributed by atoms with van der Waals surface area (Å²) in [6, 6.07) is 0. The third-order valence-electron chi connectivity index (χ3n) is 6.80. The Kier molecular flexibility index (Phi) is 11.2. The van der Waals surface area contributed by atoms with E-state index in [1.165, 1.54) is 0 Å². The van der Waals surface area contributed by atoms with Gasteiger partial charge in [0.05, 0.1) is 29.0 Å². The Morgan fingerprint density at radius 3 is 1.08 bits per heavy atom. The average molecular weight is 598 g/mol. The van der Waals surface area contributed by atoms with E-state index in [4.69, 9.17) is 55.9 Å². The number of halogens is 4. The lowest BCUT2D eigenvalue weighted by Crippen LogP contribution is -2.40. The van der Waals surface area contributed by atoms with Crippen LogP contribution in [0, 0.1) is 47.3 Å². The van der Waals surface area contributed by atoms with Gasteiger partial charge in [-0.3, -0.25) is 19.2 Å². The highest BCUT2D eigenvalue weighted by Gasteiger charge is 2.54. The fraction of sp³-hybridized carbons (Fsp3) is 0.704. The molecule has 0 aliphatic heterocycles. The maximum absolute atomic E-state index is 12.5. The largest absolute Gasteiger partial charge is 0.460 e. The fourth-order valence-corrected chi connectivity index (χ4v) is 6.24. The van der Waals surface area contributed by atoms with Crippen LogP contribution in [-0.4, -0.2) is 39.0 Å². The van der Waals surface area contributed by atoms with Crippen molar-refractivity contribution in [3.05, 3.63) is 24.3 Å². The summed E-state index contributed by atoms with van der Waals surface area (Å²) >= 11 is 20.4. The second kappa shape index (κ2) is 12.8. The van der Waals surface area contributed by atoms with Crippen LogP contribution in [0.2, 0.25) is 0 Å². The molecule has 4 rings (SSSR count). The highest BCUT2D eigenvalue weighted by molar-refractivity contribution is 6.67.